The van der Waals surface area contributed by atoms with Crippen molar-refractivity contribution in [3.05, 3.63) is 42.5 Å². The topological polar surface area (TPSA) is 140 Å². The molecule has 1 aliphatic heterocycles. The first-order valence-corrected chi connectivity index (χ1v) is 7.64. The maximum atomic E-state index is 12.5. The molecule has 25 heavy (non-hydrogen) atoms. The molecular weight excluding hydrogens is 326 g/mol. The van der Waals surface area contributed by atoms with Crippen LogP contribution in [0, 0.1) is 5.92 Å². The van der Waals surface area contributed by atoms with Crippen LogP contribution in [0.2, 0.25) is 0 Å². The number of aromatic nitrogens is 8. The van der Waals surface area contributed by atoms with Crippen molar-refractivity contribution < 1.29 is 4.79 Å². The van der Waals surface area contributed by atoms with Crippen LogP contribution in [0.3, 0.4) is 0 Å². The summed E-state index contributed by atoms with van der Waals surface area (Å²) in [5.41, 5.74) is 6.76. The molecule has 12 nitrogen and oxygen atoms in total. The van der Waals surface area contributed by atoms with Gasteiger partial charge >= 0.3 is 0 Å². The highest BCUT2D eigenvalue weighted by molar-refractivity contribution is 5.79. The number of carbonyl (C=O) groups is 1. The standard InChI is InChI=1S/C13H15N11O/c25-13(10-6-15-18-12(10)23-8-16-19-21-23)14-7-11-17-20-22-24(11)9-4-2-1-3-5-9/h1-5,8,10,12,15,18H,6-7H2,(H,14,25). The van der Waals surface area contributed by atoms with E-state index in [1.54, 1.807) is 4.68 Å². The van der Waals surface area contributed by atoms with E-state index in [0.29, 0.717) is 12.4 Å². The van der Waals surface area contributed by atoms with Crippen molar-refractivity contribution in [2.75, 3.05) is 6.54 Å². The Morgan fingerprint density at radius 2 is 2.12 bits per heavy atom. The number of benzene rings is 1. The summed E-state index contributed by atoms with van der Waals surface area (Å²) in [4.78, 5) is 12.5. The van der Waals surface area contributed by atoms with Crippen molar-refractivity contribution in [1.29, 1.82) is 0 Å². The Morgan fingerprint density at radius 1 is 1.24 bits per heavy atom. The highest BCUT2D eigenvalue weighted by atomic mass is 16.2. The Hall–Kier alpha value is -3.25. The SMILES string of the molecule is O=C(NCc1nnnn1-c1ccccc1)C1CNNC1n1cnnn1. The van der Waals surface area contributed by atoms with Crippen molar-refractivity contribution in [3.8, 4) is 5.69 Å². The number of nitrogens with one attached hydrogen (secondary N) is 3. The van der Waals surface area contributed by atoms with E-state index in [1.807, 2.05) is 30.3 Å². The summed E-state index contributed by atoms with van der Waals surface area (Å²) in [7, 11) is 0. The van der Waals surface area contributed by atoms with Gasteiger partial charge in [0.15, 0.2) is 5.82 Å². The van der Waals surface area contributed by atoms with Crippen LogP contribution < -0.4 is 16.2 Å². The lowest BCUT2D eigenvalue weighted by atomic mass is 10.1. The molecule has 2 atom stereocenters. The third kappa shape index (κ3) is 3.07. The van der Waals surface area contributed by atoms with Crippen LogP contribution in [0.4, 0.5) is 0 Å². The second-order valence-corrected chi connectivity index (χ2v) is 5.43. The maximum Gasteiger partial charge on any atom is 0.228 e. The van der Waals surface area contributed by atoms with Gasteiger partial charge in [-0.05, 0) is 33.0 Å². The fourth-order valence-electron chi connectivity index (χ4n) is 2.65. The number of tetrazole rings is 2. The van der Waals surface area contributed by atoms with E-state index in [1.165, 1.54) is 11.0 Å². The summed E-state index contributed by atoms with van der Waals surface area (Å²) in [6.45, 7) is 0.666. The van der Waals surface area contributed by atoms with Gasteiger partial charge in [-0.1, -0.05) is 18.2 Å². The minimum atomic E-state index is -0.371. The van der Waals surface area contributed by atoms with E-state index in [-0.39, 0.29) is 24.5 Å². The van der Waals surface area contributed by atoms with Crippen molar-refractivity contribution in [2.24, 2.45) is 5.92 Å². The fourth-order valence-corrected chi connectivity index (χ4v) is 2.65. The first kappa shape index (κ1) is 15.3. The summed E-state index contributed by atoms with van der Waals surface area (Å²) in [6, 6.07) is 9.48. The zero-order valence-corrected chi connectivity index (χ0v) is 13.0. The van der Waals surface area contributed by atoms with Gasteiger partial charge in [0.2, 0.25) is 5.91 Å². The van der Waals surface area contributed by atoms with E-state index in [0.717, 1.165) is 5.69 Å². The van der Waals surface area contributed by atoms with Gasteiger partial charge in [-0.25, -0.2) is 10.1 Å². The molecule has 2 unspecified atom stereocenters. The summed E-state index contributed by atoms with van der Waals surface area (Å²) in [5, 5.41) is 25.5. The number of rotatable bonds is 5. The summed E-state index contributed by atoms with van der Waals surface area (Å²) in [6.07, 6.45) is 1.10. The molecule has 3 aromatic rings. The fraction of sp³-hybridized carbons (Fsp3) is 0.308. The van der Waals surface area contributed by atoms with Gasteiger partial charge in [0.25, 0.3) is 0 Å². The zero-order chi connectivity index (χ0) is 17.1. The minimum absolute atomic E-state index is 0.152. The van der Waals surface area contributed by atoms with Crippen molar-refractivity contribution in [3.63, 3.8) is 0 Å². The van der Waals surface area contributed by atoms with Gasteiger partial charge in [0.1, 0.15) is 12.5 Å². The Kier molecular flexibility index (Phi) is 4.10. The molecule has 1 amide bonds. The van der Waals surface area contributed by atoms with E-state index >= 15 is 0 Å². The number of nitrogens with zero attached hydrogens (tertiary/aromatic N) is 8. The molecule has 0 saturated carbocycles. The second-order valence-electron chi connectivity index (χ2n) is 5.43. The third-order valence-corrected chi connectivity index (χ3v) is 3.90. The van der Waals surface area contributed by atoms with Crippen LogP contribution in [-0.2, 0) is 11.3 Å². The molecule has 0 aliphatic carbocycles. The van der Waals surface area contributed by atoms with E-state index < -0.39 is 0 Å². The lowest BCUT2D eigenvalue weighted by Gasteiger charge is -2.17. The first-order chi connectivity index (χ1) is 12.3. The molecular formula is C13H15N11O. The van der Waals surface area contributed by atoms with Crippen molar-refractivity contribution in [1.82, 2.24) is 56.6 Å². The number of hydrogen-bond acceptors (Lipinski definition) is 9. The molecule has 0 spiro atoms. The maximum absolute atomic E-state index is 12.5. The predicted molar refractivity (Wildman–Crippen MR) is 82.5 cm³/mol. The average molecular weight is 341 g/mol. The predicted octanol–water partition coefficient (Wildman–Crippen LogP) is -1.81. The molecule has 1 saturated heterocycles. The van der Waals surface area contributed by atoms with Crippen LogP contribution in [-0.4, -0.2) is 52.9 Å². The van der Waals surface area contributed by atoms with E-state index in [2.05, 4.69) is 47.2 Å². The van der Waals surface area contributed by atoms with Crippen LogP contribution in [0.25, 0.3) is 5.69 Å². The molecule has 0 bridgehead atoms. The van der Waals surface area contributed by atoms with Crippen LogP contribution in [0.1, 0.15) is 12.0 Å². The highest BCUT2D eigenvalue weighted by Gasteiger charge is 2.35. The quantitative estimate of drug-likeness (QED) is 0.489. The van der Waals surface area contributed by atoms with Gasteiger partial charge in [0, 0.05) is 6.54 Å². The molecule has 3 heterocycles. The summed E-state index contributed by atoms with van der Waals surface area (Å²) >= 11 is 0. The smallest absolute Gasteiger partial charge is 0.228 e. The number of hydrogen-bond donors (Lipinski definition) is 3. The lowest BCUT2D eigenvalue weighted by Crippen LogP contribution is -2.37. The number of hydrazine groups is 1. The van der Waals surface area contributed by atoms with E-state index in [9.17, 15) is 4.79 Å². The lowest BCUT2D eigenvalue weighted by molar-refractivity contribution is -0.125. The van der Waals surface area contributed by atoms with Gasteiger partial charge in [-0.15, -0.1) is 10.2 Å². The molecule has 1 aromatic carbocycles. The molecule has 3 N–H and O–H groups in total. The molecule has 1 aliphatic rings. The number of amides is 1. The minimum Gasteiger partial charge on any atom is -0.348 e. The Morgan fingerprint density at radius 3 is 2.92 bits per heavy atom. The second kappa shape index (κ2) is 6.70. The normalized spacial score (nSPS) is 19.8. The molecule has 128 valence electrons. The average Bonchev–Trinajstić information content (AvgIpc) is 3.41. The number of carbonyl (C=O) groups excluding carboxylic acids is 1. The first-order valence-electron chi connectivity index (χ1n) is 7.64. The van der Waals surface area contributed by atoms with Crippen LogP contribution in [0.5, 0.6) is 0 Å². The van der Waals surface area contributed by atoms with E-state index in [4.69, 9.17) is 0 Å². The van der Waals surface area contributed by atoms with Crippen LogP contribution >= 0.6 is 0 Å². The molecule has 2 aromatic heterocycles. The Labute approximate surface area is 141 Å². The molecule has 1 fully saturated rings. The highest BCUT2D eigenvalue weighted by Crippen LogP contribution is 2.17. The monoisotopic (exact) mass is 341 g/mol. The zero-order valence-electron chi connectivity index (χ0n) is 13.0. The van der Waals surface area contributed by atoms with Crippen molar-refractivity contribution >= 4 is 5.91 Å². The summed E-state index contributed by atoms with van der Waals surface area (Å²) < 4.78 is 3.09. The Balaban J connectivity index is 1.44. The van der Waals surface area contributed by atoms with Gasteiger partial charge in [0.05, 0.1) is 18.2 Å². The van der Waals surface area contributed by atoms with Gasteiger partial charge in [-0.3, -0.25) is 10.2 Å². The van der Waals surface area contributed by atoms with Crippen LogP contribution in [0.15, 0.2) is 36.7 Å². The van der Waals surface area contributed by atoms with Gasteiger partial charge < -0.3 is 5.32 Å². The molecule has 0 radical (unpaired) electrons. The largest absolute Gasteiger partial charge is 0.348 e. The van der Waals surface area contributed by atoms with Crippen molar-refractivity contribution in [2.45, 2.75) is 12.7 Å². The third-order valence-electron chi connectivity index (χ3n) is 3.90. The Bertz CT molecular complexity index is 831. The summed E-state index contributed by atoms with van der Waals surface area (Å²) in [5.74, 6) is 0.0163. The molecule has 4 rings (SSSR count). The number of para-hydroxylation sites is 1. The van der Waals surface area contributed by atoms with Gasteiger partial charge in [-0.2, -0.15) is 4.68 Å². The molecule has 12 heteroatoms.